The first-order chi connectivity index (χ1) is 8.52. The Kier molecular flexibility index (Phi) is 3.90. The van der Waals surface area contributed by atoms with Crippen LogP contribution in [-0.4, -0.2) is 17.1 Å². The van der Waals surface area contributed by atoms with Crippen LogP contribution in [-0.2, 0) is 0 Å². The first-order valence-corrected chi connectivity index (χ1v) is 6.86. The standard InChI is InChI=1S/C13H15ClN2OS/c1-7(15-3)12-8(2)16-13(18-12)9-4-5-11(17)10(14)6-9/h4-7,15,17H,1-3H3. The number of hydrogen-bond donors (Lipinski definition) is 2. The number of benzene rings is 1. The summed E-state index contributed by atoms with van der Waals surface area (Å²) in [5.41, 5.74) is 1.96. The summed E-state index contributed by atoms with van der Waals surface area (Å²) >= 11 is 7.56. The maximum Gasteiger partial charge on any atom is 0.134 e. The molecule has 1 heterocycles. The fourth-order valence-corrected chi connectivity index (χ4v) is 3.01. The van der Waals surface area contributed by atoms with E-state index in [1.807, 2.05) is 20.0 Å². The minimum atomic E-state index is 0.0949. The molecular formula is C13H15ClN2OS. The van der Waals surface area contributed by atoms with Crippen molar-refractivity contribution < 1.29 is 5.11 Å². The third-order valence-electron chi connectivity index (χ3n) is 2.85. The van der Waals surface area contributed by atoms with Gasteiger partial charge in [0.05, 0.1) is 10.7 Å². The molecular weight excluding hydrogens is 268 g/mol. The highest BCUT2D eigenvalue weighted by atomic mass is 35.5. The number of phenols is 1. The first kappa shape index (κ1) is 13.3. The smallest absolute Gasteiger partial charge is 0.134 e. The topological polar surface area (TPSA) is 45.1 Å². The van der Waals surface area contributed by atoms with Gasteiger partial charge >= 0.3 is 0 Å². The van der Waals surface area contributed by atoms with Crippen molar-refractivity contribution in [3.05, 3.63) is 33.8 Å². The fraction of sp³-hybridized carbons (Fsp3) is 0.308. The highest BCUT2D eigenvalue weighted by Gasteiger charge is 2.14. The van der Waals surface area contributed by atoms with E-state index in [2.05, 4.69) is 17.2 Å². The van der Waals surface area contributed by atoms with Crippen molar-refractivity contribution in [1.29, 1.82) is 0 Å². The lowest BCUT2D eigenvalue weighted by Gasteiger charge is -2.06. The number of halogens is 1. The Bertz CT molecular complexity index is 568. The number of thiazole rings is 1. The average molecular weight is 283 g/mol. The predicted molar refractivity (Wildman–Crippen MR) is 76.4 cm³/mol. The van der Waals surface area contributed by atoms with Crippen LogP contribution in [0, 0.1) is 6.92 Å². The number of aromatic hydroxyl groups is 1. The van der Waals surface area contributed by atoms with Crippen molar-refractivity contribution in [1.82, 2.24) is 10.3 Å². The molecule has 0 bridgehead atoms. The summed E-state index contributed by atoms with van der Waals surface area (Å²) < 4.78 is 0. The van der Waals surface area contributed by atoms with Crippen molar-refractivity contribution in [3.63, 3.8) is 0 Å². The van der Waals surface area contributed by atoms with Crippen molar-refractivity contribution >= 4 is 22.9 Å². The second kappa shape index (κ2) is 5.26. The molecule has 0 spiro atoms. The zero-order valence-corrected chi connectivity index (χ0v) is 12.1. The summed E-state index contributed by atoms with van der Waals surface area (Å²) in [5.74, 6) is 0.0949. The SMILES string of the molecule is CNC(C)c1sc(-c2ccc(O)c(Cl)c2)nc1C. The highest BCUT2D eigenvalue weighted by Crippen LogP contribution is 2.34. The minimum Gasteiger partial charge on any atom is -0.506 e. The second-order valence-electron chi connectivity index (χ2n) is 4.15. The lowest BCUT2D eigenvalue weighted by atomic mass is 10.2. The van der Waals surface area contributed by atoms with E-state index in [1.165, 1.54) is 4.88 Å². The zero-order chi connectivity index (χ0) is 13.3. The number of aryl methyl sites for hydroxylation is 1. The predicted octanol–water partition coefficient (Wildman–Crippen LogP) is 3.76. The molecule has 1 unspecified atom stereocenters. The number of nitrogens with zero attached hydrogens (tertiary/aromatic N) is 1. The summed E-state index contributed by atoms with van der Waals surface area (Å²) in [6.45, 7) is 4.11. The Morgan fingerprint density at radius 2 is 2.17 bits per heavy atom. The normalized spacial score (nSPS) is 12.7. The molecule has 0 aliphatic heterocycles. The molecule has 5 heteroatoms. The van der Waals surface area contributed by atoms with Crippen molar-refractivity contribution in [2.75, 3.05) is 7.05 Å². The van der Waals surface area contributed by atoms with Crippen LogP contribution in [0.3, 0.4) is 0 Å². The van der Waals surface area contributed by atoms with Gasteiger partial charge in [-0.3, -0.25) is 0 Å². The van der Waals surface area contributed by atoms with Gasteiger partial charge in [0.25, 0.3) is 0 Å². The molecule has 18 heavy (non-hydrogen) atoms. The molecule has 2 N–H and O–H groups in total. The second-order valence-corrected chi connectivity index (χ2v) is 5.58. The third kappa shape index (κ3) is 2.51. The largest absolute Gasteiger partial charge is 0.506 e. The van der Waals surface area contributed by atoms with Crippen LogP contribution in [0.2, 0.25) is 5.02 Å². The number of hydrogen-bond acceptors (Lipinski definition) is 4. The van der Waals surface area contributed by atoms with Crippen LogP contribution in [0.1, 0.15) is 23.5 Å². The Morgan fingerprint density at radius 1 is 1.44 bits per heavy atom. The van der Waals surface area contributed by atoms with E-state index >= 15 is 0 Å². The molecule has 0 amide bonds. The summed E-state index contributed by atoms with van der Waals surface area (Å²) in [6.07, 6.45) is 0. The molecule has 0 aliphatic rings. The van der Waals surface area contributed by atoms with Crippen LogP contribution in [0.15, 0.2) is 18.2 Å². The molecule has 0 fully saturated rings. The van der Waals surface area contributed by atoms with Gasteiger partial charge in [0.2, 0.25) is 0 Å². The molecule has 3 nitrogen and oxygen atoms in total. The zero-order valence-electron chi connectivity index (χ0n) is 10.5. The van der Waals surface area contributed by atoms with E-state index in [1.54, 1.807) is 23.5 Å². The third-order valence-corrected chi connectivity index (χ3v) is 4.55. The molecule has 0 saturated carbocycles. The summed E-state index contributed by atoms with van der Waals surface area (Å²) in [6, 6.07) is 5.44. The quantitative estimate of drug-likeness (QED) is 0.901. The molecule has 0 saturated heterocycles. The Balaban J connectivity index is 2.42. The van der Waals surface area contributed by atoms with Crippen LogP contribution >= 0.6 is 22.9 Å². The minimum absolute atomic E-state index is 0.0949. The molecule has 2 rings (SSSR count). The van der Waals surface area contributed by atoms with E-state index in [0.29, 0.717) is 5.02 Å². The van der Waals surface area contributed by atoms with Crippen LogP contribution in [0.4, 0.5) is 0 Å². The monoisotopic (exact) mass is 282 g/mol. The maximum absolute atomic E-state index is 9.42. The summed E-state index contributed by atoms with van der Waals surface area (Å²) in [4.78, 5) is 5.78. The molecule has 1 aromatic carbocycles. The van der Waals surface area contributed by atoms with E-state index in [0.717, 1.165) is 16.3 Å². The van der Waals surface area contributed by atoms with Gasteiger partial charge in [0.1, 0.15) is 10.8 Å². The highest BCUT2D eigenvalue weighted by molar-refractivity contribution is 7.15. The van der Waals surface area contributed by atoms with Gasteiger partial charge in [0, 0.05) is 16.5 Å². The number of aromatic nitrogens is 1. The maximum atomic E-state index is 9.42. The molecule has 1 aromatic heterocycles. The summed E-state index contributed by atoms with van der Waals surface area (Å²) in [7, 11) is 1.93. The van der Waals surface area contributed by atoms with Crippen molar-refractivity contribution in [2.24, 2.45) is 0 Å². The summed E-state index contributed by atoms with van der Waals surface area (Å²) in [5, 5.41) is 13.9. The van der Waals surface area contributed by atoms with Gasteiger partial charge in [0.15, 0.2) is 0 Å². The molecule has 96 valence electrons. The Labute approximate surface area is 115 Å². The molecule has 2 aromatic rings. The lowest BCUT2D eigenvalue weighted by molar-refractivity contribution is 0.475. The van der Waals surface area contributed by atoms with E-state index < -0.39 is 0 Å². The Morgan fingerprint density at radius 3 is 2.78 bits per heavy atom. The van der Waals surface area contributed by atoms with Gasteiger partial charge in [-0.2, -0.15) is 0 Å². The van der Waals surface area contributed by atoms with E-state index in [-0.39, 0.29) is 11.8 Å². The van der Waals surface area contributed by atoms with Crippen molar-refractivity contribution in [3.8, 4) is 16.3 Å². The molecule has 1 atom stereocenters. The van der Waals surface area contributed by atoms with Crippen molar-refractivity contribution in [2.45, 2.75) is 19.9 Å². The number of rotatable bonds is 3. The fourth-order valence-electron chi connectivity index (χ4n) is 1.70. The van der Waals surface area contributed by atoms with Crippen LogP contribution < -0.4 is 5.32 Å². The number of phenolic OH excluding ortho intramolecular Hbond substituents is 1. The first-order valence-electron chi connectivity index (χ1n) is 5.66. The van der Waals surface area contributed by atoms with Gasteiger partial charge in [-0.15, -0.1) is 11.3 Å². The Hall–Kier alpha value is -1.10. The van der Waals surface area contributed by atoms with Gasteiger partial charge in [-0.05, 0) is 39.1 Å². The average Bonchev–Trinajstić information content (AvgIpc) is 2.74. The van der Waals surface area contributed by atoms with Gasteiger partial charge in [-0.25, -0.2) is 4.98 Å². The number of nitrogens with one attached hydrogen (secondary N) is 1. The molecule has 0 radical (unpaired) electrons. The van der Waals surface area contributed by atoms with Gasteiger partial charge < -0.3 is 10.4 Å². The lowest BCUT2D eigenvalue weighted by Crippen LogP contribution is -2.11. The van der Waals surface area contributed by atoms with E-state index in [4.69, 9.17) is 11.6 Å². The van der Waals surface area contributed by atoms with E-state index in [9.17, 15) is 5.11 Å². The molecule has 0 aliphatic carbocycles. The van der Waals surface area contributed by atoms with Crippen LogP contribution in [0.25, 0.3) is 10.6 Å². The van der Waals surface area contributed by atoms with Crippen LogP contribution in [0.5, 0.6) is 5.75 Å². The van der Waals surface area contributed by atoms with Gasteiger partial charge in [-0.1, -0.05) is 11.6 Å².